The smallest absolute Gasteiger partial charge is 0.275 e. The standard InChI is InChI=1S/C15H11BrClFN2O2/c1-22-14-5-3-10(17)7-11(14)15(21)20-19-8-9-2-4-13(18)12(16)6-9/h2-8H,1H3,(H,20,21)/b19-8-. The lowest BCUT2D eigenvalue weighted by molar-refractivity contribution is 0.0952. The number of hydrazone groups is 1. The summed E-state index contributed by atoms with van der Waals surface area (Å²) in [6.07, 6.45) is 1.40. The second-order valence-electron chi connectivity index (χ2n) is 4.22. The number of nitrogens with zero attached hydrogens (tertiary/aromatic N) is 1. The lowest BCUT2D eigenvalue weighted by atomic mass is 10.2. The summed E-state index contributed by atoms with van der Waals surface area (Å²) in [7, 11) is 1.46. The van der Waals surface area contributed by atoms with Gasteiger partial charge in [-0.25, -0.2) is 9.82 Å². The highest BCUT2D eigenvalue weighted by molar-refractivity contribution is 9.10. The van der Waals surface area contributed by atoms with E-state index in [-0.39, 0.29) is 11.4 Å². The fourth-order valence-electron chi connectivity index (χ4n) is 1.68. The number of nitrogens with one attached hydrogen (secondary N) is 1. The first-order valence-corrected chi connectivity index (χ1v) is 7.30. The highest BCUT2D eigenvalue weighted by Gasteiger charge is 2.12. The van der Waals surface area contributed by atoms with Gasteiger partial charge in [-0.2, -0.15) is 5.10 Å². The molecular weight excluding hydrogens is 375 g/mol. The molecule has 0 aliphatic carbocycles. The van der Waals surface area contributed by atoms with Gasteiger partial charge in [0.15, 0.2) is 0 Å². The Morgan fingerprint density at radius 3 is 2.82 bits per heavy atom. The summed E-state index contributed by atoms with van der Waals surface area (Å²) >= 11 is 8.94. The van der Waals surface area contributed by atoms with E-state index in [1.165, 1.54) is 31.5 Å². The molecule has 4 nitrogen and oxygen atoms in total. The average molecular weight is 386 g/mol. The molecule has 0 bridgehead atoms. The maximum Gasteiger partial charge on any atom is 0.275 e. The van der Waals surface area contributed by atoms with Gasteiger partial charge in [-0.1, -0.05) is 17.7 Å². The number of ether oxygens (including phenoxy) is 1. The second-order valence-corrected chi connectivity index (χ2v) is 5.51. The Labute approximate surface area is 140 Å². The molecule has 0 atom stereocenters. The molecule has 0 saturated heterocycles. The molecule has 114 valence electrons. The molecule has 0 fully saturated rings. The molecule has 1 amide bonds. The molecule has 0 radical (unpaired) electrons. The average Bonchev–Trinajstić information content (AvgIpc) is 2.50. The van der Waals surface area contributed by atoms with Gasteiger partial charge in [0.25, 0.3) is 5.91 Å². The van der Waals surface area contributed by atoms with E-state index in [4.69, 9.17) is 16.3 Å². The Morgan fingerprint density at radius 1 is 1.36 bits per heavy atom. The van der Waals surface area contributed by atoms with Gasteiger partial charge >= 0.3 is 0 Å². The summed E-state index contributed by atoms with van der Waals surface area (Å²) in [6.45, 7) is 0. The van der Waals surface area contributed by atoms with Crippen LogP contribution in [0.2, 0.25) is 5.02 Å². The van der Waals surface area contributed by atoms with Gasteiger partial charge in [0.2, 0.25) is 0 Å². The van der Waals surface area contributed by atoms with Crippen molar-refractivity contribution in [3.63, 3.8) is 0 Å². The molecule has 0 saturated carbocycles. The van der Waals surface area contributed by atoms with E-state index < -0.39 is 5.91 Å². The molecule has 2 aromatic carbocycles. The summed E-state index contributed by atoms with van der Waals surface area (Å²) in [6, 6.07) is 9.09. The topological polar surface area (TPSA) is 50.7 Å². The van der Waals surface area contributed by atoms with E-state index in [1.807, 2.05) is 0 Å². The van der Waals surface area contributed by atoms with Gasteiger partial charge in [0, 0.05) is 5.02 Å². The lowest BCUT2D eigenvalue weighted by Crippen LogP contribution is -2.18. The van der Waals surface area contributed by atoms with Crippen molar-refractivity contribution in [3.05, 3.63) is 62.8 Å². The predicted octanol–water partition coefficient (Wildman–Crippen LogP) is 4.01. The summed E-state index contributed by atoms with van der Waals surface area (Å²) in [4.78, 5) is 12.1. The van der Waals surface area contributed by atoms with Crippen LogP contribution in [0.15, 0.2) is 46.0 Å². The molecule has 7 heteroatoms. The summed E-state index contributed by atoms with van der Waals surface area (Å²) in [5.74, 6) is -0.441. The molecule has 22 heavy (non-hydrogen) atoms. The molecule has 2 aromatic rings. The van der Waals surface area contributed by atoms with Crippen LogP contribution in [0.25, 0.3) is 0 Å². The molecule has 0 heterocycles. The number of methoxy groups -OCH3 is 1. The van der Waals surface area contributed by atoms with Crippen LogP contribution in [0.4, 0.5) is 4.39 Å². The lowest BCUT2D eigenvalue weighted by Gasteiger charge is -2.07. The van der Waals surface area contributed by atoms with Crippen LogP contribution in [-0.2, 0) is 0 Å². The highest BCUT2D eigenvalue weighted by atomic mass is 79.9. The van der Waals surface area contributed by atoms with Crippen LogP contribution < -0.4 is 10.2 Å². The van der Waals surface area contributed by atoms with Crippen molar-refractivity contribution >= 4 is 39.7 Å². The van der Waals surface area contributed by atoms with Crippen LogP contribution >= 0.6 is 27.5 Å². The molecule has 0 aromatic heterocycles. The minimum atomic E-state index is -0.461. The monoisotopic (exact) mass is 384 g/mol. The van der Waals surface area contributed by atoms with Crippen molar-refractivity contribution < 1.29 is 13.9 Å². The minimum Gasteiger partial charge on any atom is -0.496 e. The first-order chi connectivity index (χ1) is 10.5. The van der Waals surface area contributed by atoms with Gasteiger partial charge in [-0.3, -0.25) is 4.79 Å². The normalized spacial score (nSPS) is 10.7. The van der Waals surface area contributed by atoms with Gasteiger partial charge in [-0.05, 0) is 51.8 Å². The number of rotatable bonds is 4. The quantitative estimate of drug-likeness (QED) is 0.638. The van der Waals surface area contributed by atoms with Gasteiger partial charge < -0.3 is 4.74 Å². The van der Waals surface area contributed by atoms with Crippen LogP contribution in [0, 0.1) is 5.82 Å². The Hall–Kier alpha value is -1.92. The van der Waals surface area contributed by atoms with E-state index in [1.54, 1.807) is 18.2 Å². The SMILES string of the molecule is COc1ccc(Cl)cc1C(=O)N/N=C\c1ccc(F)c(Br)c1. The van der Waals surface area contributed by atoms with Crippen LogP contribution in [0.1, 0.15) is 15.9 Å². The van der Waals surface area contributed by atoms with Crippen LogP contribution in [-0.4, -0.2) is 19.2 Å². The Morgan fingerprint density at radius 2 is 2.14 bits per heavy atom. The maximum absolute atomic E-state index is 13.1. The van der Waals surface area contributed by atoms with Crippen LogP contribution in [0.5, 0.6) is 5.75 Å². The van der Waals surface area contributed by atoms with E-state index in [0.717, 1.165) is 0 Å². The van der Waals surface area contributed by atoms with Crippen molar-refractivity contribution in [2.24, 2.45) is 5.10 Å². The molecule has 0 aliphatic heterocycles. The van der Waals surface area contributed by atoms with Crippen molar-refractivity contribution in [3.8, 4) is 5.75 Å². The Balaban J connectivity index is 2.11. The molecule has 0 spiro atoms. The zero-order chi connectivity index (χ0) is 16.1. The first-order valence-electron chi connectivity index (χ1n) is 6.13. The first kappa shape index (κ1) is 16.5. The number of carbonyl (C=O) groups excluding carboxylic acids is 1. The third-order valence-electron chi connectivity index (χ3n) is 2.73. The molecule has 1 N–H and O–H groups in total. The number of halogens is 3. The molecular formula is C15H11BrClFN2O2. The van der Waals surface area contributed by atoms with Crippen LogP contribution in [0.3, 0.4) is 0 Å². The third kappa shape index (κ3) is 4.05. The van der Waals surface area contributed by atoms with Crippen molar-refractivity contribution in [1.29, 1.82) is 0 Å². The van der Waals surface area contributed by atoms with Gasteiger partial charge in [-0.15, -0.1) is 0 Å². The zero-order valence-corrected chi connectivity index (χ0v) is 13.8. The number of hydrogen-bond donors (Lipinski definition) is 1. The maximum atomic E-state index is 13.1. The zero-order valence-electron chi connectivity index (χ0n) is 11.4. The van der Waals surface area contributed by atoms with Gasteiger partial charge in [0.05, 0.1) is 23.4 Å². The van der Waals surface area contributed by atoms with E-state index in [0.29, 0.717) is 20.8 Å². The van der Waals surface area contributed by atoms with Crippen molar-refractivity contribution in [2.75, 3.05) is 7.11 Å². The van der Waals surface area contributed by atoms with E-state index >= 15 is 0 Å². The largest absolute Gasteiger partial charge is 0.496 e. The third-order valence-corrected chi connectivity index (χ3v) is 3.57. The number of hydrogen-bond acceptors (Lipinski definition) is 3. The fourth-order valence-corrected chi connectivity index (χ4v) is 2.24. The van der Waals surface area contributed by atoms with E-state index in [9.17, 15) is 9.18 Å². The number of carbonyl (C=O) groups is 1. The fraction of sp³-hybridized carbons (Fsp3) is 0.0667. The van der Waals surface area contributed by atoms with Crippen molar-refractivity contribution in [1.82, 2.24) is 5.43 Å². The van der Waals surface area contributed by atoms with Gasteiger partial charge in [0.1, 0.15) is 11.6 Å². The molecule has 0 aliphatic rings. The number of benzene rings is 2. The summed E-state index contributed by atoms with van der Waals surface area (Å²) in [5.41, 5.74) is 3.27. The minimum absolute atomic E-state index is 0.271. The second kappa shape index (κ2) is 7.38. The Bertz CT molecular complexity index is 737. The molecule has 2 rings (SSSR count). The number of amides is 1. The summed E-state index contributed by atoms with van der Waals surface area (Å²) in [5, 5.41) is 4.24. The highest BCUT2D eigenvalue weighted by Crippen LogP contribution is 2.22. The Kier molecular flexibility index (Phi) is 5.51. The van der Waals surface area contributed by atoms with E-state index in [2.05, 4.69) is 26.5 Å². The molecule has 0 unspecified atom stereocenters. The summed E-state index contributed by atoms with van der Waals surface area (Å²) < 4.78 is 18.5. The van der Waals surface area contributed by atoms with Crippen molar-refractivity contribution in [2.45, 2.75) is 0 Å². The predicted molar refractivity (Wildman–Crippen MR) is 87.2 cm³/mol.